The molecule has 0 radical (unpaired) electrons. The van der Waals surface area contributed by atoms with E-state index in [1.807, 2.05) is 30.4 Å². The molecule has 1 rings (SSSR count). The van der Waals surface area contributed by atoms with Crippen LogP contribution in [0, 0.1) is 6.92 Å². The topological polar surface area (TPSA) is 29.9 Å². The van der Waals surface area contributed by atoms with Crippen molar-refractivity contribution in [2.24, 2.45) is 7.05 Å². The summed E-state index contributed by atoms with van der Waals surface area (Å²) in [7, 11) is 2.01. The molecule has 0 amide bonds. The highest BCUT2D eigenvalue weighted by molar-refractivity contribution is 8.00. The molecular formula is C13H25N3S. The molecule has 0 aliphatic carbocycles. The lowest BCUT2D eigenvalue weighted by molar-refractivity contribution is 0.487. The van der Waals surface area contributed by atoms with Crippen LogP contribution in [0.1, 0.15) is 38.1 Å². The lowest BCUT2D eigenvalue weighted by atomic mass is 10.0. The zero-order chi connectivity index (χ0) is 12.9. The summed E-state index contributed by atoms with van der Waals surface area (Å²) in [5, 5.41) is 7.93. The van der Waals surface area contributed by atoms with Gasteiger partial charge in [0.2, 0.25) is 0 Å². The van der Waals surface area contributed by atoms with Gasteiger partial charge in [0.05, 0.1) is 11.4 Å². The molecule has 98 valence electrons. The fourth-order valence-corrected chi connectivity index (χ4v) is 2.93. The monoisotopic (exact) mass is 255 g/mol. The number of hydrogen-bond acceptors (Lipinski definition) is 3. The van der Waals surface area contributed by atoms with E-state index in [-0.39, 0.29) is 0 Å². The largest absolute Gasteiger partial charge is 0.310 e. The number of rotatable bonds is 7. The molecule has 0 bridgehead atoms. The number of hydrogen-bond donors (Lipinski definition) is 1. The van der Waals surface area contributed by atoms with Crippen molar-refractivity contribution >= 4 is 11.8 Å². The molecule has 1 aromatic rings. The fourth-order valence-electron chi connectivity index (χ4n) is 2.11. The van der Waals surface area contributed by atoms with Gasteiger partial charge in [-0.25, -0.2) is 0 Å². The Morgan fingerprint density at radius 2 is 2.06 bits per heavy atom. The third-order valence-electron chi connectivity index (χ3n) is 3.57. The molecule has 0 aliphatic rings. The summed E-state index contributed by atoms with van der Waals surface area (Å²) < 4.78 is 2.34. The summed E-state index contributed by atoms with van der Waals surface area (Å²) >= 11 is 1.98. The molecule has 0 atom stereocenters. The van der Waals surface area contributed by atoms with Crippen LogP contribution in [0.15, 0.2) is 6.07 Å². The van der Waals surface area contributed by atoms with Crippen molar-refractivity contribution in [3.05, 3.63) is 17.5 Å². The Hall–Kier alpha value is -0.480. The number of thioether (sulfide) groups is 1. The molecule has 0 aromatic carbocycles. The summed E-state index contributed by atoms with van der Waals surface area (Å²) in [5.74, 6) is 0. The maximum atomic E-state index is 4.36. The number of nitrogens with one attached hydrogen (secondary N) is 1. The van der Waals surface area contributed by atoms with Crippen LogP contribution in [0.4, 0.5) is 0 Å². The highest BCUT2D eigenvalue weighted by Gasteiger charge is 2.24. The van der Waals surface area contributed by atoms with Crippen molar-refractivity contribution in [1.29, 1.82) is 0 Å². The van der Waals surface area contributed by atoms with Gasteiger partial charge in [-0.15, -0.1) is 0 Å². The number of aromatic nitrogens is 2. The predicted molar refractivity (Wildman–Crippen MR) is 76.5 cm³/mol. The van der Waals surface area contributed by atoms with Crippen LogP contribution in [0.2, 0.25) is 0 Å². The van der Waals surface area contributed by atoms with Gasteiger partial charge in [-0.2, -0.15) is 16.9 Å². The van der Waals surface area contributed by atoms with Gasteiger partial charge in [0.1, 0.15) is 0 Å². The summed E-state index contributed by atoms with van der Waals surface area (Å²) in [6.45, 7) is 8.55. The fraction of sp³-hybridized carbons (Fsp3) is 0.769. The normalized spacial score (nSPS) is 12.1. The Bertz CT molecular complexity index is 334. The third kappa shape index (κ3) is 3.75. The van der Waals surface area contributed by atoms with Gasteiger partial charge in [-0.05, 0) is 32.1 Å². The van der Waals surface area contributed by atoms with Crippen LogP contribution in [0.3, 0.4) is 0 Å². The minimum atomic E-state index is 0.383. The van der Waals surface area contributed by atoms with E-state index in [0.717, 1.165) is 18.8 Å². The third-order valence-corrected chi connectivity index (χ3v) is 5.16. The Kier molecular flexibility index (Phi) is 5.53. The molecule has 1 aromatic heterocycles. The molecular weight excluding hydrogens is 230 g/mol. The first-order chi connectivity index (χ1) is 8.06. The van der Waals surface area contributed by atoms with Crippen LogP contribution in [0.5, 0.6) is 0 Å². The predicted octanol–water partition coefficient (Wildman–Crippen LogP) is 2.74. The zero-order valence-electron chi connectivity index (χ0n) is 11.7. The molecule has 1 N–H and O–H groups in total. The van der Waals surface area contributed by atoms with Crippen molar-refractivity contribution in [2.45, 2.75) is 44.9 Å². The van der Waals surface area contributed by atoms with Gasteiger partial charge in [0.25, 0.3) is 0 Å². The van der Waals surface area contributed by atoms with Crippen molar-refractivity contribution in [2.75, 3.05) is 12.8 Å². The Morgan fingerprint density at radius 1 is 1.41 bits per heavy atom. The van der Waals surface area contributed by atoms with Crippen LogP contribution in [-0.2, 0) is 13.6 Å². The maximum absolute atomic E-state index is 4.36. The van der Waals surface area contributed by atoms with Gasteiger partial charge in [0, 0.05) is 24.9 Å². The first kappa shape index (κ1) is 14.6. The molecule has 0 saturated heterocycles. The van der Waals surface area contributed by atoms with Crippen LogP contribution in [0.25, 0.3) is 0 Å². The van der Waals surface area contributed by atoms with Crippen molar-refractivity contribution in [1.82, 2.24) is 15.1 Å². The van der Waals surface area contributed by atoms with Crippen LogP contribution >= 0.6 is 11.8 Å². The van der Waals surface area contributed by atoms with E-state index < -0.39 is 0 Å². The minimum absolute atomic E-state index is 0.383. The van der Waals surface area contributed by atoms with Gasteiger partial charge in [0.15, 0.2) is 0 Å². The molecule has 0 fully saturated rings. The molecule has 0 aliphatic heterocycles. The average Bonchev–Trinajstić information content (AvgIpc) is 2.64. The number of nitrogens with zero attached hydrogens (tertiary/aromatic N) is 2. The SMILES string of the molecule is CCC(CC)(CNCc1cc(C)nn1C)SC. The second kappa shape index (κ2) is 6.45. The van der Waals surface area contributed by atoms with E-state index in [0.29, 0.717) is 4.75 Å². The summed E-state index contributed by atoms with van der Waals surface area (Å²) in [4.78, 5) is 0. The molecule has 1 heterocycles. The van der Waals surface area contributed by atoms with Gasteiger partial charge in [-0.3, -0.25) is 4.68 Å². The second-order valence-corrected chi connectivity index (χ2v) is 5.87. The van der Waals surface area contributed by atoms with E-state index in [4.69, 9.17) is 0 Å². The first-order valence-electron chi connectivity index (χ1n) is 6.32. The van der Waals surface area contributed by atoms with E-state index >= 15 is 0 Å². The lowest BCUT2D eigenvalue weighted by Crippen LogP contribution is -2.36. The highest BCUT2D eigenvalue weighted by atomic mass is 32.2. The number of aryl methyl sites for hydroxylation is 2. The van der Waals surface area contributed by atoms with Crippen LogP contribution in [-0.4, -0.2) is 27.3 Å². The van der Waals surface area contributed by atoms with Gasteiger partial charge in [-0.1, -0.05) is 13.8 Å². The van der Waals surface area contributed by atoms with Crippen molar-refractivity contribution in [3.63, 3.8) is 0 Å². The quantitative estimate of drug-likeness (QED) is 0.812. The molecule has 0 spiro atoms. The zero-order valence-corrected chi connectivity index (χ0v) is 12.5. The average molecular weight is 255 g/mol. The Balaban J connectivity index is 2.49. The van der Waals surface area contributed by atoms with Crippen LogP contribution < -0.4 is 5.32 Å². The summed E-state index contributed by atoms with van der Waals surface area (Å²) in [5.41, 5.74) is 2.34. The standard InChI is InChI=1S/C13H25N3S/c1-6-13(7-2,17-5)10-14-9-12-8-11(3)15-16(12)4/h8,14H,6-7,9-10H2,1-5H3. The summed E-state index contributed by atoms with van der Waals surface area (Å²) in [6.07, 6.45) is 4.63. The van der Waals surface area contributed by atoms with E-state index in [1.165, 1.54) is 18.5 Å². The van der Waals surface area contributed by atoms with Crippen molar-refractivity contribution in [3.8, 4) is 0 Å². The molecule has 3 nitrogen and oxygen atoms in total. The van der Waals surface area contributed by atoms with Gasteiger partial charge < -0.3 is 5.32 Å². The summed E-state index contributed by atoms with van der Waals surface area (Å²) in [6, 6.07) is 2.14. The van der Waals surface area contributed by atoms with E-state index in [9.17, 15) is 0 Å². The molecule has 4 heteroatoms. The van der Waals surface area contributed by atoms with E-state index in [1.54, 1.807) is 0 Å². The van der Waals surface area contributed by atoms with E-state index in [2.05, 4.69) is 36.6 Å². The van der Waals surface area contributed by atoms with Gasteiger partial charge >= 0.3 is 0 Å². The second-order valence-electron chi connectivity index (χ2n) is 4.60. The smallest absolute Gasteiger partial charge is 0.0597 e. The Morgan fingerprint density at radius 3 is 2.47 bits per heavy atom. The molecule has 0 unspecified atom stereocenters. The molecule has 0 saturated carbocycles. The van der Waals surface area contributed by atoms with Crippen molar-refractivity contribution < 1.29 is 0 Å². The Labute approximate surface area is 109 Å². The highest BCUT2D eigenvalue weighted by Crippen LogP contribution is 2.29. The first-order valence-corrected chi connectivity index (χ1v) is 7.54. The maximum Gasteiger partial charge on any atom is 0.0597 e. The minimum Gasteiger partial charge on any atom is -0.310 e. The lowest BCUT2D eigenvalue weighted by Gasteiger charge is -2.30. The molecule has 17 heavy (non-hydrogen) atoms.